The Bertz CT molecular complexity index is 835. The lowest BCUT2D eigenvalue weighted by molar-refractivity contribution is -0.153. The van der Waals surface area contributed by atoms with Gasteiger partial charge in [-0.3, -0.25) is 14.4 Å². The lowest BCUT2D eigenvalue weighted by atomic mass is 9.74. The van der Waals surface area contributed by atoms with Crippen LogP contribution in [0.3, 0.4) is 0 Å². The standard InChI is InChI=1S/C28H41NO6/c1-20-11-12-22(25(30)34-3)17-24(20)29-27(32)28(14-7-8-15-28)18-23(13-16-33-2)26(31)35-19-21-9-5-4-6-10-21/h4-6,9-10,20,22-24H,7-8,11-19H2,1-3H3,(H,29,32). The highest BCUT2D eigenvalue weighted by Crippen LogP contribution is 2.45. The van der Waals surface area contributed by atoms with Crippen LogP contribution < -0.4 is 5.32 Å². The van der Waals surface area contributed by atoms with E-state index >= 15 is 0 Å². The predicted molar refractivity (Wildman–Crippen MR) is 132 cm³/mol. The fraction of sp³-hybridized carbons (Fsp3) is 0.679. The average Bonchev–Trinajstić information content (AvgIpc) is 3.36. The zero-order valence-corrected chi connectivity index (χ0v) is 21.4. The topological polar surface area (TPSA) is 90.9 Å². The molecular formula is C28H41NO6. The van der Waals surface area contributed by atoms with Crippen LogP contribution in [0.4, 0.5) is 0 Å². The molecule has 0 spiro atoms. The van der Waals surface area contributed by atoms with Crippen LogP contribution in [0, 0.1) is 23.2 Å². The van der Waals surface area contributed by atoms with Crippen molar-refractivity contribution in [1.29, 1.82) is 0 Å². The second kappa shape index (κ2) is 13.1. The van der Waals surface area contributed by atoms with Gasteiger partial charge in [0.25, 0.3) is 0 Å². The Labute approximate surface area is 209 Å². The molecule has 0 aromatic heterocycles. The van der Waals surface area contributed by atoms with Gasteiger partial charge in [0.2, 0.25) is 5.91 Å². The Hall–Kier alpha value is -2.41. The van der Waals surface area contributed by atoms with Crippen LogP contribution >= 0.6 is 0 Å². The Morgan fingerprint density at radius 2 is 1.80 bits per heavy atom. The van der Waals surface area contributed by atoms with Gasteiger partial charge in [0.15, 0.2) is 0 Å². The number of rotatable bonds is 11. The smallest absolute Gasteiger partial charge is 0.309 e. The number of methoxy groups -OCH3 is 2. The van der Waals surface area contributed by atoms with E-state index in [0.717, 1.165) is 44.1 Å². The largest absolute Gasteiger partial charge is 0.469 e. The van der Waals surface area contributed by atoms with E-state index in [1.54, 1.807) is 7.11 Å². The van der Waals surface area contributed by atoms with Crippen LogP contribution in [0.2, 0.25) is 0 Å². The Morgan fingerprint density at radius 1 is 1.09 bits per heavy atom. The van der Waals surface area contributed by atoms with Gasteiger partial charge in [-0.2, -0.15) is 0 Å². The quantitative estimate of drug-likeness (QED) is 0.465. The van der Waals surface area contributed by atoms with E-state index in [1.807, 2.05) is 30.3 Å². The maximum absolute atomic E-state index is 13.7. The van der Waals surface area contributed by atoms with Gasteiger partial charge in [0.1, 0.15) is 6.61 Å². The minimum Gasteiger partial charge on any atom is -0.469 e. The molecule has 194 valence electrons. The van der Waals surface area contributed by atoms with Crippen molar-refractivity contribution in [2.45, 2.75) is 77.4 Å². The lowest BCUT2D eigenvalue weighted by Crippen LogP contribution is -2.50. The van der Waals surface area contributed by atoms with E-state index < -0.39 is 11.3 Å². The highest BCUT2D eigenvalue weighted by Gasteiger charge is 2.46. The predicted octanol–water partition coefficient (Wildman–Crippen LogP) is 4.43. The molecule has 2 fully saturated rings. The Morgan fingerprint density at radius 3 is 2.46 bits per heavy atom. The minimum absolute atomic E-state index is 0.00985. The Balaban J connectivity index is 1.69. The van der Waals surface area contributed by atoms with Gasteiger partial charge in [-0.15, -0.1) is 0 Å². The molecule has 4 unspecified atom stereocenters. The monoisotopic (exact) mass is 487 g/mol. The molecule has 2 saturated carbocycles. The fourth-order valence-electron chi connectivity index (χ4n) is 5.68. The number of esters is 2. The third kappa shape index (κ3) is 7.29. The molecule has 2 aliphatic carbocycles. The minimum atomic E-state index is -0.595. The normalized spacial score (nSPS) is 24.4. The van der Waals surface area contributed by atoms with Crippen molar-refractivity contribution in [3.63, 3.8) is 0 Å². The molecule has 35 heavy (non-hydrogen) atoms. The summed E-state index contributed by atoms with van der Waals surface area (Å²) in [4.78, 5) is 38.9. The SMILES string of the molecule is COCCC(CC1(C(=O)NC2CC(C(=O)OC)CCC2C)CCCC1)C(=O)OCc1ccccc1. The molecule has 1 amide bonds. The first-order chi connectivity index (χ1) is 16.9. The number of carbonyl (C=O) groups is 3. The number of nitrogens with one attached hydrogen (secondary N) is 1. The summed E-state index contributed by atoms with van der Waals surface area (Å²) in [6.07, 6.45) is 6.69. The maximum atomic E-state index is 13.7. The molecule has 4 atom stereocenters. The summed E-state index contributed by atoms with van der Waals surface area (Å²) in [6.45, 7) is 2.78. The van der Waals surface area contributed by atoms with Gasteiger partial charge < -0.3 is 19.5 Å². The maximum Gasteiger partial charge on any atom is 0.309 e. The number of carbonyl (C=O) groups excluding carboxylic acids is 3. The van der Waals surface area contributed by atoms with Crippen LogP contribution in [0.25, 0.3) is 0 Å². The molecule has 0 aliphatic heterocycles. The second-order valence-corrected chi connectivity index (χ2v) is 10.4. The molecule has 3 rings (SSSR count). The van der Waals surface area contributed by atoms with Gasteiger partial charge >= 0.3 is 11.9 Å². The highest BCUT2D eigenvalue weighted by atomic mass is 16.5. The van der Waals surface area contributed by atoms with Gasteiger partial charge in [-0.25, -0.2) is 0 Å². The summed E-state index contributed by atoms with van der Waals surface area (Å²) in [5.74, 6) is -0.763. The van der Waals surface area contributed by atoms with Crippen LogP contribution in [0.1, 0.15) is 70.3 Å². The summed E-state index contributed by atoms with van der Waals surface area (Å²) in [5.41, 5.74) is 0.341. The first-order valence-corrected chi connectivity index (χ1v) is 13.0. The molecular weight excluding hydrogens is 446 g/mol. The molecule has 0 heterocycles. The molecule has 0 radical (unpaired) electrons. The van der Waals surface area contributed by atoms with Crippen LogP contribution in [-0.2, 0) is 35.2 Å². The highest BCUT2D eigenvalue weighted by molar-refractivity contribution is 5.84. The molecule has 7 nitrogen and oxygen atoms in total. The van der Waals surface area contributed by atoms with Crippen molar-refractivity contribution in [2.24, 2.45) is 23.2 Å². The molecule has 7 heteroatoms. The van der Waals surface area contributed by atoms with E-state index in [9.17, 15) is 14.4 Å². The van der Waals surface area contributed by atoms with Crippen molar-refractivity contribution in [1.82, 2.24) is 5.32 Å². The number of amides is 1. The third-order valence-corrected chi connectivity index (χ3v) is 7.95. The molecule has 2 aliphatic rings. The molecule has 1 aromatic carbocycles. The lowest BCUT2D eigenvalue weighted by Gasteiger charge is -2.37. The first-order valence-electron chi connectivity index (χ1n) is 13.0. The summed E-state index contributed by atoms with van der Waals surface area (Å²) >= 11 is 0. The van der Waals surface area contributed by atoms with Crippen molar-refractivity contribution in [3.8, 4) is 0 Å². The zero-order valence-electron chi connectivity index (χ0n) is 21.4. The van der Waals surface area contributed by atoms with Gasteiger partial charge in [-0.05, 0) is 56.4 Å². The fourth-order valence-corrected chi connectivity index (χ4v) is 5.68. The van der Waals surface area contributed by atoms with Crippen molar-refractivity contribution >= 4 is 17.8 Å². The summed E-state index contributed by atoms with van der Waals surface area (Å²) in [6, 6.07) is 9.55. The molecule has 0 bridgehead atoms. The van der Waals surface area contributed by atoms with Crippen LogP contribution in [-0.4, -0.2) is 44.7 Å². The molecule has 0 saturated heterocycles. The van der Waals surface area contributed by atoms with Gasteiger partial charge in [-0.1, -0.05) is 50.1 Å². The Kier molecular flexibility index (Phi) is 10.1. The van der Waals surface area contributed by atoms with Gasteiger partial charge in [0, 0.05) is 19.8 Å². The summed E-state index contributed by atoms with van der Waals surface area (Å²) < 4.78 is 15.9. The summed E-state index contributed by atoms with van der Waals surface area (Å²) in [7, 11) is 3.03. The van der Waals surface area contributed by atoms with Crippen LogP contribution in [0.15, 0.2) is 30.3 Å². The van der Waals surface area contributed by atoms with Crippen molar-refractivity contribution < 1.29 is 28.6 Å². The van der Waals surface area contributed by atoms with Crippen molar-refractivity contribution in [2.75, 3.05) is 20.8 Å². The van der Waals surface area contributed by atoms with E-state index in [4.69, 9.17) is 14.2 Å². The number of hydrogen-bond donors (Lipinski definition) is 1. The third-order valence-electron chi connectivity index (χ3n) is 7.95. The van der Waals surface area contributed by atoms with E-state index in [2.05, 4.69) is 12.2 Å². The second-order valence-electron chi connectivity index (χ2n) is 10.4. The number of hydrogen-bond acceptors (Lipinski definition) is 6. The summed E-state index contributed by atoms with van der Waals surface area (Å²) in [5, 5.41) is 3.29. The molecule has 1 N–H and O–H groups in total. The average molecular weight is 488 g/mol. The van der Waals surface area contributed by atoms with Crippen molar-refractivity contribution in [3.05, 3.63) is 35.9 Å². The zero-order chi connectivity index (χ0) is 25.3. The van der Waals surface area contributed by atoms with E-state index in [-0.39, 0.29) is 36.4 Å². The molecule has 1 aromatic rings. The van der Waals surface area contributed by atoms with E-state index in [0.29, 0.717) is 31.8 Å². The van der Waals surface area contributed by atoms with E-state index in [1.165, 1.54) is 7.11 Å². The van der Waals surface area contributed by atoms with Gasteiger partial charge in [0.05, 0.1) is 24.4 Å². The number of benzene rings is 1. The first kappa shape index (κ1) is 27.2. The van der Waals surface area contributed by atoms with Crippen LogP contribution in [0.5, 0.6) is 0 Å². The number of ether oxygens (including phenoxy) is 3.